The monoisotopic (exact) mass is 224 g/mol. The fourth-order valence-electron chi connectivity index (χ4n) is 2.41. The minimum absolute atomic E-state index is 0.148. The molecule has 0 aromatic heterocycles. The number of carbonyl (C=O) groups is 3. The highest BCUT2D eigenvalue weighted by Gasteiger charge is 2.77. The predicted octanol–water partition coefficient (Wildman–Crippen LogP) is 0.584. The number of fused-ring (bicyclic) bond motifs is 1. The number of ether oxygens (including phenoxy) is 2. The number of esters is 2. The van der Waals surface area contributed by atoms with Crippen LogP contribution in [-0.2, 0) is 23.9 Å². The predicted molar refractivity (Wildman–Crippen MR) is 52.0 cm³/mol. The summed E-state index contributed by atoms with van der Waals surface area (Å²) in [6, 6.07) is 0. The number of carbonyl (C=O) groups excluding carboxylic acids is 3. The fraction of sp³-hybridized carbons (Fsp3) is 0.545. The number of allylic oxidation sites excluding steroid dienone is 1. The van der Waals surface area contributed by atoms with Crippen molar-refractivity contribution >= 4 is 17.7 Å². The van der Waals surface area contributed by atoms with E-state index in [4.69, 9.17) is 9.47 Å². The first kappa shape index (κ1) is 10.9. The van der Waals surface area contributed by atoms with Gasteiger partial charge >= 0.3 is 11.9 Å². The van der Waals surface area contributed by atoms with E-state index < -0.39 is 23.6 Å². The summed E-state index contributed by atoms with van der Waals surface area (Å²) in [6.07, 6.45) is 1.50. The molecule has 0 unspecified atom stereocenters. The minimum atomic E-state index is -1.37. The van der Waals surface area contributed by atoms with Gasteiger partial charge in [-0.05, 0) is 13.0 Å². The van der Waals surface area contributed by atoms with E-state index in [1.165, 1.54) is 19.9 Å². The molecule has 0 heterocycles. The van der Waals surface area contributed by atoms with E-state index in [1.807, 2.05) is 0 Å². The van der Waals surface area contributed by atoms with Crippen LogP contribution in [0.25, 0.3) is 0 Å². The Labute approximate surface area is 92.4 Å². The summed E-state index contributed by atoms with van der Waals surface area (Å²) in [5.41, 5.74) is 0.789. The highest BCUT2D eigenvalue weighted by atomic mass is 16.7. The quantitative estimate of drug-likeness (QED) is 0.507. The van der Waals surface area contributed by atoms with Gasteiger partial charge in [0.05, 0.1) is 5.92 Å². The smallest absolute Gasteiger partial charge is 0.305 e. The van der Waals surface area contributed by atoms with Crippen molar-refractivity contribution in [3.05, 3.63) is 11.6 Å². The maximum absolute atomic E-state index is 11.5. The van der Waals surface area contributed by atoms with E-state index in [9.17, 15) is 14.4 Å². The van der Waals surface area contributed by atoms with Crippen LogP contribution in [0.3, 0.4) is 0 Å². The second-order valence-corrected chi connectivity index (χ2v) is 4.15. The lowest BCUT2D eigenvalue weighted by Crippen LogP contribution is -2.31. The van der Waals surface area contributed by atoms with Crippen LogP contribution in [0, 0.1) is 11.8 Å². The molecule has 5 nitrogen and oxygen atoms in total. The van der Waals surface area contributed by atoms with E-state index in [0.717, 1.165) is 5.57 Å². The largest absolute Gasteiger partial charge is 0.421 e. The molecule has 2 atom stereocenters. The van der Waals surface area contributed by atoms with Crippen molar-refractivity contribution in [2.75, 3.05) is 0 Å². The molecule has 0 N–H and O–H groups in total. The third-order valence-electron chi connectivity index (χ3n) is 2.86. The zero-order valence-corrected chi connectivity index (χ0v) is 9.27. The van der Waals surface area contributed by atoms with E-state index in [0.29, 0.717) is 0 Å². The van der Waals surface area contributed by atoms with Gasteiger partial charge in [-0.3, -0.25) is 14.4 Å². The Hall–Kier alpha value is -1.65. The molecule has 1 saturated carbocycles. The number of rotatable bonds is 2. The Balaban J connectivity index is 2.27. The van der Waals surface area contributed by atoms with Crippen molar-refractivity contribution in [2.45, 2.75) is 26.6 Å². The summed E-state index contributed by atoms with van der Waals surface area (Å²) >= 11 is 0. The Morgan fingerprint density at radius 3 is 2.00 bits per heavy atom. The standard InChI is InChI=1S/C11H12O5/c1-5-4-8(14)10-9(5)11(10,15-6(2)12)16-7(3)13/h4,9-10H,1-3H3/t9-,10+/m0/s1. The van der Waals surface area contributed by atoms with Crippen LogP contribution in [0.1, 0.15) is 20.8 Å². The van der Waals surface area contributed by atoms with Gasteiger partial charge in [0.1, 0.15) is 5.92 Å². The number of ketones is 1. The van der Waals surface area contributed by atoms with Crippen LogP contribution in [0.15, 0.2) is 11.6 Å². The Kier molecular flexibility index (Phi) is 2.15. The minimum Gasteiger partial charge on any atom is -0.421 e. The summed E-state index contributed by atoms with van der Waals surface area (Å²) in [5, 5.41) is 0. The molecule has 0 radical (unpaired) electrons. The molecule has 0 spiro atoms. The van der Waals surface area contributed by atoms with E-state index in [-0.39, 0.29) is 11.7 Å². The molecule has 0 amide bonds. The number of hydrogen-bond donors (Lipinski definition) is 0. The van der Waals surface area contributed by atoms with Gasteiger partial charge in [0.25, 0.3) is 5.79 Å². The highest BCUT2D eigenvalue weighted by molar-refractivity contribution is 6.01. The molecule has 0 aromatic rings. The van der Waals surface area contributed by atoms with Gasteiger partial charge in [0.2, 0.25) is 0 Å². The van der Waals surface area contributed by atoms with Gasteiger partial charge in [-0.2, -0.15) is 0 Å². The molecule has 16 heavy (non-hydrogen) atoms. The van der Waals surface area contributed by atoms with Crippen molar-refractivity contribution in [1.82, 2.24) is 0 Å². The topological polar surface area (TPSA) is 69.7 Å². The lowest BCUT2D eigenvalue weighted by molar-refractivity contribution is -0.199. The zero-order chi connectivity index (χ0) is 12.1. The first-order valence-electron chi connectivity index (χ1n) is 4.99. The molecular weight excluding hydrogens is 212 g/mol. The first-order valence-corrected chi connectivity index (χ1v) is 4.99. The second-order valence-electron chi connectivity index (χ2n) is 4.15. The van der Waals surface area contributed by atoms with Crippen LogP contribution in [-0.4, -0.2) is 23.5 Å². The Morgan fingerprint density at radius 2 is 1.69 bits per heavy atom. The van der Waals surface area contributed by atoms with Crippen LogP contribution in [0.2, 0.25) is 0 Å². The molecule has 0 bridgehead atoms. The molecule has 0 aliphatic heterocycles. The average Bonchev–Trinajstić information content (AvgIpc) is 2.57. The molecule has 2 aliphatic carbocycles. The molecular formula is C11H12O5. The highest BCUT2D eigenvalue weighted by Crippen LogP contribution is 2.61. The molecule has 5 heteroatoms. The van der Waals surface area contributed by atoms with Gasteiger partial charge in [-0.15, -0.1) is 0 Å². The van der Waals surface area contributed by atoms with Gasteiger partial charge in [-0.25, -0.2) is 0 Å². The maximum atomic E-state index is 11.5. The third kappa shape index (κ3) is 1.35. The van der Waals surface area contributed by atoms with E-state index in [2.05, 4.69) is 0 Å². The van der Waals surface area contributed by atoms with Crippen LogP contribution >= 0.6 is 0 Å². The Morgan fingerprint density at radius 1 is 1.19 bits per heavy atom. The number of hydrogen-bond acceptors (Lipinski definition) is 5. The fourth-order valence-corrected chi connectivity index (χ4v) is 2.41. The summed E-state index contributed by atoms with van der Waals surface area (Å²) < 4.78 is 10.0. The average molecular weight is 224 g/mol. The zero-order valence-electron chi connectivity index (χ0n) is 9.27. The molecule has 0 saturated heterocycles. The van der Waals surface area contributed by atoms with Gasteiger partial charge < -0.3 is 9.47 Å². The van der Waals surface area contributed by atoms with E-state index >= 15 is 0 Å². The summed E-state index contributed by atoms with van der Waals surface area (Å²) in [4.78, 5) is 33.5. The van der Waals surface area contributed by atoms with Gasteiger partial charge in [0, 0.05) is 13.8 Å². The van der Waals surface area contributed by atoms with Crippen molar-refractivity contribution in [1.29, 1.82) is 0 Å². The SMILES string of the molecule is CC(=O)OC1(OC(C)=O)[C@@H]2C(=O)C=C(C)[C@@H]21. The molecule has 86 valence electrons. The third-order valence-corrected chi connectivity index (χ3v) is 2.86. The van der Waals surface area contributed by atoms with Gasteiger partial charge in [0.15, 0.2) is 5.78 Å². The van der Waals surface area contributed by atoms with Crippen LogP contribution < -0.4 is 0 Å². The Bertz CT molecular complexity index is 404. The normalized spacial score (nSPS) is 29.2. The lowest BCUT2D eigenvalue weighted by atomic mass is 10.2. The van der Waals surface area contributed by atoms with E-state index in [1.54, 1.807) is 6.92 Å². The van der Waals surface area contributed by atoms with Crippen LogP contribution in [0.4, 0.5) is 0 Å². The van der Waals surface area contributed by atoms with Crippen molar-refractivity contribution in [3.8, 4) is 0 Å². The first-order chi connectivity index (χ1) is 7.38. The molecule has 1 fully saturated rings. The molecule has 2 aliphatic rings. The lowest BCUT2D eigenvalue weighted by Gasteiger charge is -2.19. The van der Waals surface area contributed by atoms with Gasteiger partial charge in [-0.1, -0.05) is 5.57 Å². The maximum Gasteiger partial charge on any atom is 0.305 e. The molecule has 0 aromatic carbocycles. The summed E-state index contributed by atoms with van der Waals surface area (Å²) in [7, 11) is 0. The summed E-state index contributed by atoms with van der Waals surface area (Å²) in [6.45, 7) is 4.21. The van der Waals surface area contributed by atoms with Crippen molar-refractivity contribution in [3.63, 3.8) is 0 Å². The second kappa shape index (κ2) is 3.17. The molecule has 2 rings (SSSR count). The van der Waals surface area contributed by atoms with Crippen molar-refractivity contribution < 1.29 is 23.9 Å². The van der Waals surface area contributed by atoms with Crippen molar-refractivity contribution in [2.24, 2.45) is 11.8 Å². The van der Waals surface area contributed by atoms with Crippen LogP contribution in [0.5, 0.6) is 0 Å². The summed E-state index contributed by atoms with van der Waals surface area (Å²) in [5.74, 6) is -3.47.